The molecule has 0 radical (unpaired) electrons. The molecule has 0 aliphatic heterocycles. The number of hydrogen-bond donors (Lipinski definition) is 1. The average Bonchev–Trinajstić information content (AvgIpc) is 2.63. The van der Waals surface area contributed by atoms with Crippen LogP contribution in [0.2, 0.25) is 0 Å². The molecule has 150 valence electrons. The highest BCUT2D eigenvalue weighted by Gasteiger charge is 2.29. The molecule has 2 amide bonds. The van der Waals surface area contributed by atoms with Crippen molar-refractivity contribution in [2.75, 3.05) is 0 Å². The predicted molar refractivity (Wildman–Crippen MR) is 114 cm³/mol. The second kappa shape index (κ2) is 10.1. The average molecular weight is 381 g/mol. The van der Waals surface area contributed by atoms with Gasteiger partial charge in [-0.1, -0.05) is 61.0 Å². The zero-order valence-electron chi connectivity index (χ0n) is 17.7. The molecule has 28 heavy (non-hydrogen) atoms. The summed E-state index contributed by atoms with van der Waals surface area (Å²) >= 11 is 0. The lowest BCUT2D eigenvalue weighted by Gasteiger charge is -2.31. The quantitative estimate of drug-likeness (QED) is 0.747. The van der Waals surface area contributed by atoms with Gasteiger partial charge in [0, 0.05) is 12.6 Å². The number of rotatable bonds is 8. The summed E-state index contributed by atoms with van der Waals surface area (Å²) in [6.07, 6.45) is 0.869. The molecule has 4 nitrogen and oxygen atoms in total. The van der Waals surface area contributed by atoms with Gasteiger partial charge in [0.15, 0.2) is 0 Å². The lowest BCUT2D eigenvalue weighted by Crippen LogP contribution is -2.50. The van der Waals surface area contributed by atoms with E-state index in [9.17, 15) is 9.59 Å². The molecule has 2 aromatic rings. The summed E-state index contributed by atoms with van der Waals surface area (Å²) in [4.78, 5) is 27.8. The zero-order valence-corrected chi connectivity index (χ0v) is 17.7. The Hall–Kier alpha value is -2.62. The van der Waals surface area contributed by atoms with Gasteiger partial charge in [-0.3, -0.25) is 9.59 Å². The summed E-state index contributed by atoms with van der Waals surface area (Å²) < 4.78 is 0. The maximum Gasteiger partial charge on any atom is 0.243 e. The number of carbonyl (C=O) groups is 2. The van der Waals surface area contributed by atoms with E-state index >= 15 is 0 Å². The summed E-state index contributed by atoms with van der Waals surface area (Å²) in [5, 5.41) is 2.97. The van der Waals surface area contributed by atoms with Gasteiger partial charge in [0.1, 0.15) is 6.04 Å². The van der Waals surface area contributed by atoms with Gasteiger partial charge >= 0.3 is 0 Å². The second-order valence-electron chi connectivity index (χ2n) is 7.70. The standard InChI is InChI=1S/C24H32N2O2/c1-6-22(24(28)25-17(2)3)26(16-20-12-9-10-18(4)14-20)23(27)15-21-13-8-7-11-19(21)5/h7-14,17,22H,6,15-16H2,1-5H3,(H,25,28). The van der Waals surface area contributed by atoms with E-state index in [4.69, 9.17) is 0 Å². The highest BCUT2D eigenvalue weighted by molar-refractivity contribution is 5.88. The molecular formula is C24H32N2O2. The number of hydrogen-bond acceptors (Lipinski definition) is 2. The first kappa shape index (κ1) is 21.7. The van der Waals surface area contributed by atoms with E-state index in [1.807, 2.05) is 77.1 Å². The Morgan fingerprint density at radius 3 is 2.36 bits per heavy atom. The van der Waals surface area contributed by atoms with Crippen molar-refractivity contribution in [1.29, 1.82) is 0 Å². The molecule has 1 N–H and O–H groups in total. The molecule has 0 aliphatic carbocycles. The minimum absolute atomic E-state index is 0.0263. The third kappa shape index (κ3) is 5.95. The smallest absolute Gasteiger partial charge is 0.243 e. The van der Waals surface area contributed by atoms with E-state index in [-0.39, 0.29) is 17.9 Å². The van der Waals surface area contributed by atoms with Crippen molar-refractivity contribution < 1.29 is 9.59 Å². The highest BCUT2D eigenvalue weighted by Crippen LogP contribution is 2.17. The number of nitrogens with one attached hydrogen (secondary N) is 1. The maximum atomic E-state index is 13.3. The Morgan fingerprint density at radius 1 is 1.04 bits per heavy atom. The molecule has 1 atom stereocenters. The van der Waals surface area contributed by atoms with Crippen LogP contribution in [-0.4, -0.2) is 28.8 Å². The fourth-order valence-corrected chi connectivity index (χ4v) is 3.38. The van der Waals surface area contributed by atoms with Crippen molar-refractivity contribution in [1.82, 2.24) is 10.2 Å². The SMILES string of the molecule is CCC(C(=O)NC(C)C)N(Cc1cccc(C)c1)C(=O)Cc1ccccc1C. The molecule has 2 aromatic carbocycles. The van der Waals surface area contributed by atoms with Crippen LogP contribution in [0, 0.1) is 13.8 Å². The van der Waals surface area contributed by atoms with Crippen LogP contribution in [0.25, 0.3) is 0 Å². The van der Waals surface area contributed by atoms with E-state index in [2.05, 4.69) is 11.4 Å². The molecule has 0 fully saturated rings. The Balaban J connectivity index is 2.32. The number of benzene rings is 2. The maximum absolute atomic E-state index is 13.3. The molecule has 2 rings (SSSR count). The van der Waals surface area contributed by atoms with E-state index in [0.29, 0.717) is 19.4 Å². The molecule has 0 aromatic heterocycles. The van der Waals surface area contributed by atoms with Crippen LogP contribution in [0.4, 0.5) is 0 Å². The monoisotopic (exact) mass is 380 g/mol. The number of carbonyl (C=O) groups excluding carboxylic acids is 2. The van der Waals surface area contributed by atoms with Gasteiger partial charge in [-0.05, 0) is 50.8 Å². The van der Waals surface area contributed by atoms with Crippen LogP contribution in [0.15, 0.2) is 48.5 Å². The molecule has 0 bridgehead atoms. The van der Waals surface area contributed by atoms with Crippen molar-refractivity contribution in [3.63, 3.8) is 0 Å². The van der Waals surface area contributed by atoms with Crippen molar-refractivity contribution in [3.05, 3.63) is 70.8 Å². The third-order valence-corrected chi connectivity index (χ3v) is 4.86. The minimum Gasteiger partial charge on any atom is -0.352 e. The molecule has 0 aliphatic rings. The summed E-state index contributed by atoms with van der Waals surface area (Å²) in [6.45, 7) is 10.3. The molecular weight excluding hydrogens is 348 g/mol. The Kier molecular flexibility index (Phi) is 7.80. The lowest BCUT2D eigenvalue weighted by molar-refractivity contribution is -0.141. The lowest BCUT2D eigenvalue weighted by atomic mass is 10.0. The van der Waals surface area contributed by atoms with Gasteiger partial charge in [-0.2, -0.15) is 0 Å². The van der Waals surface area contributed by atoms with Crippen molar-refractivity contribution >= 4 is 11.8 Å². The van der Waals surface area contributed by atoms with Gasteiger partial charge in [0.05, 0.1) is 6.42 Å². The molecule has 0 spiro atoms. The Labute approximate surface area is 169 Å². The second-order valence-corrected chi connectivity index (χ2v) is 7.70. The summed E-state index contributed by atoms with van der Waals surface area (Å²) in [6, 6.07) is 15.6. The van der Waals surface area contributed by atoms with E-state index < -0.39 is 6.04 Å². The van der Waals surface area contributed by atoms with Gasteiger partial charge in [-0.15, -0.1) is 0 Å². The first-order valence-electron chi connectivity index (χ1n) is 10.0. The fraction of sp³-hybridized carbons (Fsp3) is 0.417. The molecule has 0 heterocycles. The first-order valence-corrected chi connectivity index (χ1v) is 10.0. The van der Waals surface area contributed by atoms with Crippen LogP contribution < -0.4 is 5.32 Å². The number of nitrogens with zero attached hydrogens (tertiary/aromatic N) is 1. The zero-order chi connectivity index (χ0) is 20.7. The first-order chi connectivity index (χ1) is 13.3. The predicted octanol–water partition coefficient (Wildman–Crippen LogP) is 4.18. The number of aryl methyl sites for hydroxylation is 2. The van der Waals surface area contributed by atoms with Crippen molar-refractivity contribution in [3.8, 4) is 0 Å². The van der Waals surface area contributed by atoms with Crippen LogP contribution in [0.5, 0.6) is 0 Å². The van der Waals surface area contributed by atoms with E-state index in [1.54, 1.807) is 4.90 Å². The summed E-state index contributed by atoms with van der Waals surface area (Å²) in [7, 11) is 0. The van der Waals surface area contributed by atoms with Crippen LogP contribution in [-0.2, 0) is 22.6 Å². The van der Waals surface area contributed by atoms with Gasteiger partial charge < -0.3 is 10.2 Å². The molecule has 4 heteroatoms. The summed E-state index contributed by atoms with van der Waals surface area (Å²) in [5.74, 6) is -0.121. The topological polar surface area (TPSA) is 49.4 Å². The third-order valence-electron chi connectivity index (χ3n) is 4.86. The molecule has 0 saturated heterocycles. The summed E-state index contributed by atoms with van der Waals surface area (Å²) in [5.41, 5.74) is 4.27. The Morgan fingerprint density at radius 2 is 1.75 bits per heavy atom. The van der Waals surface area contributed by atoms with Crippen molar-refractivity contribution in [2.24, 2.45) is 0 Å². The Bertz CT molecular complexity index is 814. The van der Waals surface area contributed by atoms with Gasteiger partial charge in [0.25, 0.3) is 0 Å². The van der Waals surface area contributed by atoms with Crippen LogP contribution in [0.1, 0.15) is 49.4 Å². The minimum atomic E-state index is -0.487. The molecule has 0 saturated carbocycles. The van der Waals surface area contributed by atoms with E-state index in [0.717, 1.165) is 22.3 Å². The van der Waals surface area contributed by atoms with Gasteiger partial charge in [-0.25, -0.2) is 0 Å². The normalized spacial score (nSPS) is 11.9. The van der Waals surface area contributed by atoms with Crippen LogP contribution in [0.3, 0.4) is 0 Å². The molecule has 1 unspecified atom stereocenters. The van der Waals surface area contributed by atoms with Gasteiger partial charge in [0.2, 0.25) is 11.8 Å². The fourth-order valence-electron chi connectivity index (χ4n) is 3.38. The highest BCUT2D eigenvalue weighted by atomic mass is 16.2. The van der Waals surface area contributed by atoms with E-state index in [1.165, 1.54) is 0 Å². The van der Waals surface area contributed by atoms with Crippen molar-refractivity contribution in [2.45, 2.75) is 66.1 Å². The number of amides is 2. The largest absolute Gasteiger partial charge is 0.352 e. The van der Waals surface area contributed by atoms with Crippen LogP contribution >= 0.6 is 0 Å².